The molecule has 1 aromatic rings. The van der Waals surface area contributed by atoms with Crippen molar-refractivity contribution in [1.82, 2.24) is 4.90 Å². The van der Waals surface area contributed by atoms with Gasteiger partial charge in [-0.25, -0.2) is 4.39 Å². The van der Waals surface area contributed by atoms with Gasteiger partial charge in [-0.2, -0.15) is 0 Å². The monoisotopic (exact) mass is 300 g/mol. The Morgan fingerprint density at radius 2 is 2.05 bits per heavy atom. The molecule has 0 atom stereocenters. The van der Waals surface area contributed by atoms with Crippen LogP contribution in [0, 0.1) is 5.82 Å². The van der Waals surface area contributed by atoms with Crippen LogP contribution in [-0.2, 0) is 11.3 Å². The second kappa shape index (κ2) is 8.22. The molecule has 112 valence electrons. The zero-order valence-electron chi connectivity index (χ0n) is 11.6. The lowest BCUT2D eigenvalue weighted by Gasteiger charge is -2.38. The van der Waals surface area contributed by atoms with E-state index in [0.717, 1.165) is 19.3 Å². The van der Waals surface area contributed by atoms with Gasteiger partial charge in [0, 0.05) is 24.6 Å². The number of halogens is 2. The molecule has 1 aliphatic rings. The molecule has 1 aromatic carbocycles. The van der Waals surface area contributed by atoms with Gasteiger partial charge in [-0.1, -0.05) is 18.2 Å². The van der Waals surface area contributed by atoms with Crippen LogP contribution in [0.4, 0.5) is 4.39 Å². The number of hydrogen-bond acceptors (Lipinski definition) is 2. The first-order valence-electron chi connectivity index (χ1n) is 6.95. The summed E-state index contributed by atoms with van der Waals surface area (Å²) in [5.41, 5.74) is 6.04. The van der Waals surface area contributed by atoms with E-state index in [2.05, 4.69) is 0 Å². The van der Waals surface area contributed by atoms with E-state index in [1.54, 1.807) is 12.1 Å². The summed E-state index contributed by atoms with van der Waals surface area (Å²) in [4.78, 5) is 14.0. The van der Waals surface area contributed by atoms with Crippen molar-refractivity contribution in [3.8, 4) is 0 Å². The van der Waals surface area contributed by atoms with Crippen molar-refractivity contribution in [2.45, 2.75) is 44.7 Å². The van der Waals surface area contributed by atoms with E-state index < -0.39 is 0 Å². The Morgan fingerprint density at radius 3 is 2.60 bits per heavy atom. The molecule has 3 nitrogen and oxygen atoms in total. The van der Waals surface area contributed by atoms with E-state index in [-0.39, 0.29) is 30.2 Å². The fourth-order valence-electron chi connectivity index (χ4n) is 2.33. The Bertz CT molecular complexity index is 438. The second-order valence-corrected chi connectivity index (χ2v) is 5.09. The molecule has 0 spiro atoms. The Hall–Kier alpha value is -1.13. The summed E-state index contributed by atoms with van der Waals surface area (Å²) >= 11 is 0. The van der Waals surface area contributed by atoms with Gasteiger partial charge in [0.05, 0.1) is 0 Å². The normalized spacial score (nSPS) is 14.3. The molecule has 1 saturated carbocycles. The molecule has 0 bridgehead atoms. The number of hydrogen-bond donors (Lipinski definition) is 1. The molecule has 2 rings (SSSR count). The molecule has 0 aromatic heterocycles. The van der Waals surface area contributed by atoms with E-state index >= 15 is 0 Å². The highest BCUT2D eigenvalue weighted by atomic mass is 35.5. The fourth-order valence-corrected chi connectivity index (χ4v) is 2.33. The Labute approximate surface area is 125 Å². The van der Waals surface area contributed by atoms with Crippen molar-refractivity contribution in [1.29, 1.82) is 0 Å². The summed E-state index contributed by atoms with van der Waals surface area (Å²) in [5, 5.41) is 0. The Balaban J connectivity index is 0.00000200. The third-order valence-corrected chi connectivity index (χ3v) is 3.73. The largest absolute Gasteiger partial charge is 0.335 e. The number of carbonyl (C=O) groups excluding carboxylic acids is 1. The van der Waals surface area contributed by atoms with Crippen molar-refractivity contribution in [3.63, 3.8) is 0 Å². The third-order valence-electron chi connectivity index (χ3n) is 3.73. The van der Waals surface area contributed by atoms with Gasteiger partial charge in [-0.15, -0.1) is 12.4 Å². The van der Waals surface area contributed by atoms with E-state index in [1.807, 2.05) is 11.0 Å². The van der Waals surface area contributed by atoms with E-state index in [9.17, 15) is 9.18 Å². The number of nitrogens with zero attached hydrogens (tertiary/aromatic N) is 1. The molecule has 0 saturated heterocycles. The highest BCUT2D eigenvalue weighted by Gasteiger charge is 2.28. The standard InChI is InChI=1S/C15H21FN2O.ClH/c16-14-8-2-1-5-12(14)11-18(13-6-3-7-13)15(19)9-4-10-17;/h1-2,5,8,13H,3-4,6-7,9-11,17H2;1H. The van der Waals surface area contributed by atoms with Crippen LogP contribution in [0.15, 0.2) is 24.3 Å². The van der Waals surface area contributed by atoms with Crippen molar-refractivity contribution in [2.75, 3.05) is 6.54 Å². The Kier molecular flexibility index (Phi) is 6.96. The minimum absolute atomic E-state index is 0. The van der Waals surface area contributed by atoms with Crippen molar-refractivity contribution in [3.05, 3.63) is 35.6 Å². The minimum atomic E-state index is -0.238. The van der Waals surface area contributed by atoms with Crippen LogP contribution in [0.5, 0.6) is 0 Å². The molecule has 20 heavy (non-hydrogen) atoms. The van der Waals surface area contributed by atoms with Gasteiger partial charge in [0.15, 0.2) is 0 Å². The third kappa shape index (κ3) is 4.18. The number of rotatable bonds is 6. The van der Waals surface area contributed by atoms with E-state index in [0.29, 0.717) is 31.5 Å². The maximum atomic E-state index is 13.7. The minimum Gasteiger partial charge on any atom is -0.335 e. The van der Waals surface area contributed by atoms with Gasteiger partial charge in [-0.3, -0.25) is 4.79 Å². The van der Waals surface area contributed by atoms with Gasteiger partial charge in [0.2, 0.25) is 5.91 Å². The van der Waals surface area contributed by atoms with Gasteiger partial charge in [0.25, 0.3) is 0 Å². The number of amides is 1. The van der Waals surface area contributed by atoms with Crippen LogP contribution in [0.25, 0.3) is 0 Å². The fraction of sp³-hybridized carbons (Fsp3) is 0.533. The molecule has 5 heteroatoms. The molecule has 1 amide bonds. The van der Waals surface area contributed by atoms with Crippen molar-refractivity contribution < 1.29 is 9.18 Å². The molecule has 0 heterocycles. The molecule has 0 unspecified atom stereocenters. The molecule has 1 aliphatic carbocycles. The van der Waals surface area contributed by atoms with Crippen molar-refractivity contribution in [2.24, 2.45) is 5.73 Å². The second-order valence-electron chi connectivity index (χ2n) is 5.09. The smallest absolute Gasteiger partial charge is 0.223 e. The first kappa shape index (κ1) is 16.9. The topological polar surface area (TPSA) is 46.3 Å². The average molecular weight is 301 g/mol. The maximum Gasteiger partial charge on any atom is 0.223 e. The van der Waals surface area contributed by atoms with Crippen molar-refractivity contribution >= 4 is 18.3 Å². The molecule has 0 radical (unpaired) electrons. The molecular weight excluding hydrogens is 279 g/mol. The zero-order valence-corrected chi connectivity index (χ0v) is 12.4. The number of benzene rings is 1. The first-order valence-corrected chi connectivity index (χ1v) is 6.95. The SMILES string of the molecule is Cl.NCCCC(=O)N(Cc1ccccc1F)C1CCC1. The predicted octanol–water partition coefficient (Wildman–Crippen LogP) is 2.87. The number of nitrogens with two attached hydrogens (primary N) is 1. The van der Waals surface area contributed by atoms with Gasteiger partial charge < -0.3 is 10.6 Å². The lowest BCUT2D eigenvalue weighted by molar-refractivity contribution is -0.136. The average Bonchev–Trinajstić information content (AvgIpc) is 2.35. The van der Waals surface area contributed by atoms with Crippen LogP contribution in [0.1, 0.15) is 37.7 Å². The molecule has 2 N–H and O–H groups in total. The van der Waals surface area contributed by atoms with Crippen LogP contribution < -0.4 is 5.73 Å². The van der Waals surface area contributed by atoms with Crippen LogP contribution in [0.3, 0.4) is 0 Å². The van der Waals surface area contributed by atoms with Crippen LogP contribution >= 0.6 is 12.4 Å². The lowest BCUT2D eigenvalue weighted by Crippen LogP contribution is -2.43. The molecule has 0 aliphatic heterocycles. The maximum absolute atomic E-state index is 13.7. The van der Waals surface area contributed by atoms with Crippen LogP contribution in [0.2, 0.25) is 0 Å². The van der Waals surface area contributed by atoms with Crippen LogP contribution in [-0.4, -0.2) is 23.4 Å². The first-order chi connectivity index (χ1) is 9.22. The molecule has 1 fully saturated rings. The zero-order chi connectivity index (χ0) is 13.7. The highest BCUT2D eigenvalue weighted by molar-refractivity contribution is 5.85. The van der Waals surface area contributed by atoms with E-state index in [4.69, 9.17) is 5.73 Å². The summed E-state index contributed by atoms with van der Waals surface area (Å²) in [5.74, 6) is -0.142. The lowest BCUT2D eigenvalue weighted by atomic mass is 9.90. The molecular formula is C15H22ClFN2O. The summed E-state index contributed by atoms with van der Waals surface area (Å²) in [6.07, 6.45) is 4.37. The summed E-state index contributed by atoms with van der Waals surface area (Å²) in [6.45, 7) is 0.894. The van der Waals surface area contributed by atoms with Gasteiger partial charge in [0.1, 0.15) is 5.82 Å². The summed E-state index contributed by atoms with van der Waals surface area (Å²) < 4.78 is 13.7. The summed E-state index contributed by atoms with van der Waals surface area (Å²) in [7, 11) is 0. The van der Waals surface area contributed by atoms with E-state index in [1.165, 1.54) is 6.07 Å². The number of carbonyl (C=O) groups is 1. The van der Waals surface area contributed by atoms with Gasteiger partial charge >= 0.3 is 0 Å². The highest BCUT2D eigenvalue weighted by Crippen LogP contribution is 2.27. The quantitative estimate of drug-likeness (QED) is 0.878. The summed E-state index contributed by atoms with van der Waals surface area (Å²) in [6, 6.07) is 6.95. The Morgan fingerprint density at radius 1 is 1.35 bits per heavy atom. The predicted molar refractivity (Wildman–Crippen MR) is 80.1 cm³/mol. The van der Waals surface area contributed by atoms with Gasteiger partial charge in [-0.05, 0) is 38.3 Å².